The molecule has 2 rings (SSSR count). The van der Waals surface area contributed by atoms with Crippen molar-refractivity contribution < 1.29 is 27.4 Å². The van der Waals surface area contributed by atoms with Gasteiger partial charge in [-0.1, -0.05) is 6.07 Å². The minimum Gasteiger partial charge on any atom is -0.493 e. The first-order valence-corrected chi connectivity index (χ1v) is 10.4. The molecule has 176 valence electrons. The molecule has 2 N–H and O–H groups in total. The molecule has 0 aliphatic carbocycles. The Kier molecular flexibility index (Phi) is 10.2. The van der Waals surface area contributed by atoms with Crippen LogP contribution < -0.4 is 20.1 Å². The molecule has 1 fully saturated rings. The monoisotopic (exact) mass is 446 g/mol. The van der Waals surface area contributed by atoms with E-state index in [1.165, 1.54) is 0 Å². The summed E-state index contributed by atoms with van der Waals surface area (Å²) in [5, 5.41) is 6.39. The van der Waals surface area contributed by atoms with Crippen LogP contribution in [-0.4, -0.2) is 77.7 Å². The number of rotatable bonds is 10. The van der Waals surface area contributed by atoms with Gasteiger partial charge in [0.05, 0.1) is 33.5 Å². The zero-order valence-electron chi connectivity index (χ0n) is 18.4. The van der Waals surface area contributed by atoms with Gasteiger partial charge in [0.2, 0.25) is 0 Å². The van der Waals surface area contributed by atoms with Gasteiger partial charge in [-0.15, -0.1) is 0 Å². The topological polar surface area (TPSA) is 67.4 Å². The largest absolute Gasteiger partial charge is 0.493 e. The maximum absolute atomic E-state index is 12.3. The summed E-state index contributed by atoms with van der Waals surface area (Å²) in [5.41, 5.74) is 1.06. The fourth-order valence-electron chi connectivity index (χ4n) is 3.48. The van der Waals surface area contributed by atoms with E-state index >= 15 is 0 Å². The van der Waals surface area contributed by atoms with E-state index in [0.717, 1.165) is 18.7 Å². The number of ether oxygens (including phenoxy) is 3. The molecule has 1 aliphatic heterocycles. The second kappa shape index (κ2) is 12.6. The van der Waals surface area contributed by atoms with E-state index in [4.69, 9.17) is 14.2 Å². The number of nitrogens with one attached hydrogen (secondary N) is 2. The van der Waals surface area contributed by atoms with Crippen LogP contribution >= 0.6 is 0 Å². The number of benzene rings is 1. The van der Waals surface area contributed by atoms with Crippen LogP contribution in [0.3, 0.4) is 0 Å². The predicted molar refractivity (Wildman–Crippen MR) is 114 cm³/mol. The lowest BCUT2D eigenvalue weighted by Gasteiger charge is -2.35. The summed E-state index contributed by atoms with van der Waals surface area (Å²) in [4.78, 5) is 6.52. The first kappa shape index (κ1) is 25.1. The Morgan fingerprint density at radius 2 is 1.84 bits per heavy atom. The molecule has 0 radical (unpaired) electrons. The molecule has 0 bridgehead atoms. The Morgan fingerprint density at radius 1 is 1.13 bits per heavy atom. The lowest BCUT2D eigenvalue weighted by Crippen LogP contribution is -2.46. The molecule has 0 spiro atoms. The third kappa shape index (κ3) is 8.45. The third-order valence-corrected chi connectivity index (χ3v) is 5.14. The summed E-state index contributed by atoms with van der Waals surface area (Å²) in [6.45, 7) is 3.91. The van der Waals surface area contributed by atoms with E-state index in [2.05, 4.69) is 20.5 Å². The molecule has 0 saturated carbocycles. The highest BCUT2D eigenvalue weighted by Gasteiger charge is 2.26. The molecule has 1 unspecified atom stereocenters. The van der Waals surface area contributed by atoms with Crippen molar-refractivity contribution in [2.45, 2.75) is 31.5 Å². The maximum Gasteiger partial charge on any atom is 0.389 e. The number of hydrogen-bond donors (Lipinski definition) is 2. The number of aliphatic imine (C=N–C) groups is 1. The van der Waals surface area contributed by atoms with Gasteiger partial charge in [0.15, 0.2) is 17.5 Å². The molecule has 31 heavy (non-hydrogen) atoms. The average molecular weight is 447 g/mol. The summed E-state index contributed by atoms with van der Waals surface area (Å²) >= 11 is 0. The summed E-state index contributed by atoms with van der Waals surface area (Å²) in [6.07, 6.45) is -4.36. The molecule has 7 nitrogen and oxygen atoms in total. The van der Waals surface area contributed by atoms with Gasteiger partial charge in [0, 0.05) is 39.6 Å². The van der Waals surface area contributed by atoms with Gasteiger partial charge in [-0.25, -0.2) is 0 Å². The van der Waals surface area contributed by atoms with Crippen LogP contribution in [0.15, 0.2) is 23.2 Å². The minimum absolute atomic E-state index is 0.0347. The maximum atomic E-state index is 12.3. The van der Waals surface area contributed by atoms with Crippen LogP contribution in [0.4, 0.5) is 13.2 Å². The smallest absolute Gasteiger partial charge is 0.389 e. The molecule has 0 aromatic heterocycles. The Labute approximate surface area is 181 Å². The number of alkyl halides is 3. The first-order chi connectivity index (χ1) is 14.9. The van der Waals surface area contributed by atoms with E-state index in [1.54, 1.807) is 21.3 Å². The van der Waals surface area contributed by atoms with Crippen LogP contribution in [-0.2, 0) is 4.74 Å². The Balaban J connectivity index is 1.99. The second-order valence-electron chi connectivity index (χ2n) is 7.23. The van der Waals surface area contributed by atoms with Gasteiger partial charge in [-0.05, 0) is 30.5 Å². The van der Waals surface area contributed by atoms with Crippen molar-refractivity contribution in [3.8, 4) is 11.5 Å². The number of hydrogen-bond acceptors (Lipinski definition) is 5. The molecular weight excluding hydrogens is 413 g/mol. The molecule has 1 aromatic rings. The van der Waals surface area contributed by atoms with E-state index < -0.39 is 12.6 Å². The van der Waals surface area contributed by atoms with Crippen molar-refractivity contribution in [3.05, 3.63) is 23.8 Å². The normalized spacial score (nSPS) is 16.6. The van der Waals surface area contributed by atoms with Gasteiger partial charge < -0.3 is 24.8 Å². The molecule has 1 heterocycles. The Hall–Kier alpha value is -2.20. The summed E-state index contributed by atoms with van der Waals surface area (Å²) in [6, 6.07) is 5.90. The SMILES string of the molecule is CN=C(NCCCCC(F)(F)F)NCC(c1ccc(OC)c(OC)c1)N1CCOCC1. The zero-order valence-corrected chi connectivity index (χ0v) is 18.4. The summed E-state index contributed by atoms with van der Waals surface area (Å²) in [7, 11) is 4.85. The quantitative estimate of drug-likeness (QED) is 0.327. The Bertz CT molecular complexity index is 695. The molecule has 1 saturated heterocycles. The van der Waals surface area contributed by atoms with Crippen molar-refractivity contribution in [1.29, 1.82) is 0 Å². The average Bonchev–Trinajstić information content (AvgIpc) is 2.77. The molecular formula is C21H33F3N4O3. The van der Waals surface area contributed by atoms with Crippen molar-refractivity contribution >= 4 is 5.96 Å². The van der Waals surface area contributed by atoms with Crippen molar-refractivity contribution in [3.63, 3.8) is 0 Å². The van der Waals surface area contributed by atoms with Crippen LogP contribution in [0.1, 0.15) is 30.9 Å². The lowest BCUT2D eigenvalue weighted by molar-refractivity contribution is -0.135. The van der Waals surface area contributed by atoms with E-state index in [-0.39, 0.29) is 12.5 Å². The summed E-state index contributed by atoms with van der Waals surface area (Å²) < 4.78 is 53.1. The lowest BCUT2D eigenvalue weighted by atomic mass is 10.0. The number of guanidine groups is 1. The number of unbranched alkanes of at least 4 members (excludes halogenated alkanes) is 1. The number of methoxy groups -OCH3 is 2. The number of nitrogens with zero attached hydrogens (tertiary/aromatic N) is 2. The third-order valence-electron chi connectivity index (χ3n) is 5.14. The van der Waals surface area contributed by atoms with Crippen molar-refractivity contribution in [1.82, 2.24) is 15.5 Å². The standard InChI is InChI=1S/C21H33F3N4O3/c1-25-20(26-9-5-4-8-21(22,23)24)27-15-17(28-10-12-31-13-11-28)16-6-7-18(29-2)19(14-16)30-3/h6-7,14,17H,4-5,8-13,15H2,1-3H3,(H2,25,26,27). The number of halogens is 3. The highest BCUT2D eigenvalue weighted by molar-refractivity contribution is 5.79. The van der Waals surface area contributed by atoms with Crippen molar-refractivity contribution in [2.24, 2.45) is 4.99 Å². The van der Waals surface area contributed by atoms with Gasteiger partial charge in [-0.2, -0.15) is 13.2 Å². The van der Waals surface area contributed by atoms with Crippen molar-refractivity contribution in [2.75, 3.05) is 60.7 Å². The highest BCUT2D eigenvalue weighted by Crippen LogP contribution is 2.32. The first-order valence-electron chi connectivity index (χ1n) is 10.4. The zero-order chi connectivity index (χ0) is 22.7. The van der Waals surface area contributed by atoms with Crippen LogP contribution in [0.25, 0.3) is 0 Å². The summed E-state index contributed by atoms with van der Waals surface area (Å²) in [5.74, 6) is 1.88. The molecule has 10 heteroatoms. The van der Waals surface area contributed by atoms with Gasteiger partial charge >= 0.3 is 6.18 Å². The molecule has 0 amide bonds. The fraction of sp³-hybridized carbons (Fsp3) is 0.667. The van der Waals surface area contributed by atoms with Crippen LogP contribution in [0.5, 0.6) is 11.5 Å². The molecule has 1 atom stereocenters. The molecule has 1 aliphatic rings. The van der Waals surface area contributed by atoms with Gasteiger partial charge in [0.1, 0.15) is 0 Å². The van der Waals surface area contributed by atoms with E-state index in [0.29, 0.717) is 50.2 Å². The van der Waals surface area contributed by atoms with Crippen LogP contribution in [0, 0.1) is 0 Å². The van der Waals surface area contributed by atoms with E-state index in [1.807, 2.05) is 18.2 Å². The highest BCUT2D eigenvalue weighted by atomic mass is 19.4. The molecule has 1 aromatic carbocycles. The van der Waals surface area contributed by atoms with Crippen LogP contribution in [0.2, 0.25) is 0 Å². The minimum atomic E-state index is -4.11. The van der Waals surface area contributed by atoms with E-state index in [9.17, 15) is 13.2 Å². The Morgan fingerprint density at radius 3 is 2.45 bits per heavy atom. The number of morpholine rings is 1. The predicted octanol–water partition coefficient (Wildman–Crippen LogP) is 2.97. The van der Waals surface area contributed by atoms with Gasteiger partial charge in [0.25, 0.3) is 0 Å². The second-order valence-corrected chi connectivity index (χ2v) is 7.23. The van der Waals surface area contributed by atoms with Gasteiger partial charge in [-0.3, -0.25) is 9.89 Å². The fourth-order valence-corrected chi connectivity index (χ4v) is 3.48.